The van der Waals surface area contributed by atoms with E-state index in [1.807, 2.05) is 13.8 Å². The van der Waals surface area contributed by atoms with Crippen LogP contribution in [0.2, 0.25) is 0 Å². The minimum absolute atomic E-state index is 0.0520. The fraction of sp³-hybridized carbons (Fsp3) is 0.438. The van der Waals surface area contributed by atoms with Crippen molar-refractivity contribution < 1.29 is 18.0 Å². The van der Waals surface area contributed by atoms with E-state index in [2.05, 4.69) is 15.4 Å². The summed E-state index contributed by atoms with van der Waals surface area (Å²) in [5, 5.41) is 6.71. The van der Waals surface area contributed by atoms with Crippen molar-refractivity contribution in [3.05, 3.63) is 48.0 Å². The van der Waals surface area contributed by atoms with E-state index in [1.165, 1.54) is 23.4 Å². The van der Waals surface area contributed by atoms with Crippen LogP contribution in [0.1, 0.15) is 37.4 Å². The molecule has 5 nitrogen and oxygen atoms in total. The normalized spacial score (nSPS) is 13.1. The minimum atomic E-state index is -4.41. The average Bonchev–Trinajstić information content (AvgIpc) is 3.03. The first-order valence-corrected chi connectivity index (χ1v) is 7.56. The average molecular weight is 340 g/mol. The lowest BCUT2D eigenvalue weighted by atomic mass is 9.94. The van der Waals surface area contributed by atoms with E-state index in [0.29, 0.717) is 12.1 Å². The number of aromatic nitrogens is 3. The largest absolute Gasteiger partial charge is 0.416 e. The molecular weight excluding hydrogens is 321 g/mol. The van der Waals surface area contributed by atoms with Crippen LogP contribution < -0.4 is 5.32 Å². The Kier molecular flexibility index (Phi) is 5.58. The third-order valence-electron chi connectivity index (χ3n) is 3.59. The zero-order chi connectivity index (χ0) is 17.7. The number of hydrogen-bond donors (Lipinski definition) is 1. The number of carbonyl (C=O) groups excluding carboxylic acids is 1. The maximum atomic E-state index is 12.9. The topological polar surface area (TPSA) is 59.8 Å². The Hall–Kier alpha value is -2.38. The molecule has 1 aromatic carbocycles. The second kappa shape index (κ2) is 7.46. The Labute approximate surface area is 137 Å². The van der Waals surface area contributed by atoms with Crippen LogP contribution in [0.25, 0.3) is 0 Å². The molecule has 8 heteroatoms. The molecule has 0 aliphatic heterocycles. The Balaban J connectivity index is 2.07. The Morgan fingerprint density at radius 3 is 2.67 bits per heavy atom. The van der Waals surface area contributed by atoms with Gasteiger partial charge in [0.2, 0.25) is 5.91 Å². The van der Waals surface area contributed by atoms with Crippen LogP contribution in [0.15, 0.2) is 36.9 Å². The SMILES string of the molecule is CC(C)C(NC(=O)CCn1cncn1)c1cccc(C(F)(F)F)c1. The van der Waals surface area contributed by atoms with E-state index in [0.717, 1.165) is 12.1 Å². The lowest BCUT2D eigenvalue weighted by molar-refractivity contribution is -0.137. The standard InChI is InChI=1S/C16H19F3N4O/c1-11(2)15(12-4-3-5-13(8-12)16(17,18)19)22-14(24)6-7-23-10-20-9-21-23/h3-5,8-11,15H,6-7H2,1-2H3,(H,22,24). The number of halogens is 3. The highest BCUT2D eigenvalue weighted by atomic mass is 19.4. The summed E-state index contributed by atoms with van der Waals surface area (Å²) < 4.78 is 40.1. The van der Waals surface area contributed by atoms with Crippen molar-refractivity contribution in [2.75, 3.05) is 0 Å². The highest BCUT2D eigenvalue weighted by molar-refractivity contribution is 5.76. The van der Waals surface area contributed by atoms with Crippen LogP contribution in [0.3, 0.4) is 0 Å². The van der Waals surface area contributed by atoms with Gasteiger partial charge in [-0.05, 0) is 23.6 Å². The van der Waals surface area contributed by atoms with Crippen LogP contribution >= 0.6 is 0 Å². The highest BCUT2D eigenvalue weighted by Crippen LogP contribution is 2.32. The maximum Gasteiger partial charge on any atom is 0.416 e. The van der Waals surface area contributed by atoms with Gasteiger partial charge in [-0.15, -0.1) is 0 Å². The third-order valence-corrected chi connectivity index (χ3v) is 3.59. The van der Waals surface area contributed by atoms with Gasteiger partial charge >= 0.3 is 6.18 Å². The van der Waals surface area contributed by atoms with Gasteiger partial charge in [-0.1, -0.05) is 26.0 Å². The highest BCUT2D eigenvalue weighted by Gasteiger charge is 2.31. The Morgan fingerprint density at radius 2 is 2.08 bits per heavy atom. The maximum absolute atomic E-state index is 12.9. The number of benzene rings is 1. The minimum Gasteiger partial charge on any atom is -0.349 e. The third kappa shape index (κ3) is 4.81. The summed E-state index contributed by atoms with van der Waals surface area (Å²) >= 11 is 0. The van der Waals surface area contributed by atoms with Crippen molar-refractivity contribution in [2.45, 2.75) is 39.0 Å². The second-order valence-electron chi connectivity index (χ2n) is 5.82. The van der Waals surface area contributed by atoms with Crippen molar-refractivity contribution in [2.24, 2.45) is 5.92 Å². The van der Waals surface area contributed by atoms with Gasteiger partial charge in [0.05, 0.1) is 18.2 Å². The molecule has 24 heavy (non-hydrogen) atoms. The zero-order valence-corrected chi connectivity index (χ0v) is 13.4. The lowest BCUT2D eigenvalue weighted by Gasteiger charge is -2.24. The summed E-state index contributed by atoms with van der Waals surface area (Å²) in [5.74, 6) is -0.301. The molecular formula is C16H19F3N4O. The van der Waals surface area contributed by atoms with E-state index in [4.69, 9.17) is 0 Å². The Bertz CT molecular complexity index is 668. The summed E-state index contributed by atoms with van der Waals surface area (Å²) in [6, 6.07) is 4.57. The van der Waals surface area contributed by atoms with Crippen molar-refractivity contribution in [1.29, 1.82) is 0 Å². The van der Waals surface area contributed by atoms with E-state index < -0.39 is 17.8 Å². The van der Waals surface area contributed by atoms with Gasteiger partial charge in [-0.25, -0.2) is 4.98 Å². The van der Waals surface area contributed by atoms with Crippen LogP contribution in [0.5, 0.6) is 0 Å². The molecule has 0 radical (unpaired) electrons. The van der Waals surface area contributed by atoms with Gasteiger partial charge in [0.15, 0.2) is 0 Å². The number of nitrogens with zero attached hydrogens (tertiary/aromatic N) is 3. The molecule has 2 rings (SSSR count). The van der Waals surface area contributed by atoms with Crippen molar-refractivity contribution in [3.8, 4) is 0 Å². The molecule has 0 fully saturated rings. The molecule has 1 amide bonds. The summed E-state index contributed by atoms with van der Waals surface area (Å²) in [7, 11) is 0. The summed E-state index contributed by atoms with van der Waals surface area (Å²) in [5.41, 5.74) is -0.281. The molecule has 1 heterocycles. The zero-order valence-electron chi connectivity index (χ0n) is 13.4. The van der Waals surface area contributed by atoms with E-state index in [1.54, 1.807) is 6.07 Å². The fourth-order valence-electron chi connectivity index (χ4n) is 2.35. The monoisotopic (exact) mass is 340 g/mol. The Morgan fingerprint density at radius 1 is 1.33 bits per heavy atom. The first-order chi connectivity index (χ1) is 11.3. The first-order valence-electron chi connectivity index (χ1n) is 7.56. The smallest absolute Gasteiger partial charge is 0.349 e. The number of hydrogen-bond acceptors (Lipinski definition) is 3. The van der Waals surface area contributed by atoms with E-state index in [9.17, 15) is 18.0 Å². The molecule has 2 aromatic rings. The summed E-state index contributed by atoms with van der Waals surface area (Å²) in [6.07, 6.45) is -1.36. The number of amides is 1. The van der Waals surface area contributed by atoms with E-state index in [-0.39, 0.29) is 18.2 Å². The van der Waals surface area contributed by atoms with Gasteiger partial charge in [-0.2, -0.15) is 18.3 Å². The fourth-order valence-corrected chi connectivity index (χ4v) is 2.35. The van der Waals surface area contributed by atoms with Crippen molar-refractivity contribution in [3.63, 3.8) is 0 Å². The van der Waals surface area contributed by atoms with Crippen LogP contribution in [0, 0.1) is 5.92 Å². The van der Waals surface area contributed by atoms with Gasteiger partial charge in [0, 0.05) is 6.42 Å². The molecule has 1 unspecified atom stereocenters. The number of aryl methyl sites for hydroxylation is 1. The van der Waals surface area contributed by atoms with Crippen LogP contribution in [-0.4, -0.2) is 20.7 Å². The van der Waals surface area contributed by atoms with Gasteiger partial charge in [0.25, 0.3) is 0 Å². The molecule has 0 spiro atoms. The second-order valence-corrected chi connectivity index (χ2v) is 5.82. The van der Waals surface area contributed by atoms with Crippen LogP contribution in [-0.2, 0) is 17.5 Å². The molecule has 130 valence electrons. The molecule has 1 atom stereocenters. The molecule has 1 N–H and O–H groups in total. The lowest BCUT2D eigenvalue weighted by Crippen LogP contribution is -2.32. The number of alkyl halides is 3. The van der Waals surface area contributed by atoms with Gasteiger partial charge in [0.1, 0.15) is 12.7 Å². The van der Waals surface area contributed by atoms with Gasteiger partial charge < -0.3 is 5.32 Å². The first kappa shape index (κ1) is 18.0. The van der Waals surface area contributed by atoms with Crippen LogP contribution in [0.4, 0.5) is 13.2 Å². The van der Waals surface area contributed by atoms with Gasteiger partial charge in [-0.3, -0.25) is 9.48 Å². The molecule has 0 bridgehead atoms. The predicted octanol–water partition coefficient (Wildman–Crippen LogP) is 3.20. The number of nitrogens with one attached hydrogen (secondary N) is 1. The summed E-state index contributed by atoms with van der Waals surface area (Å²) in [4.78, 5) is 15.9. The summed E-state index contributed by atoms with van der Waals surface area (Å²) in [6.45, 7) is 4.06. The van der Waals surface area contributed by atoms with Crippen molar-refractivity contribution in [1.82, 2.24) is 20.1 Å². The number of carbonyl (C=O) groups is 1. The predicted molar refractivity (Wildman–Crippen MR) is 81.8 cm³/mol. The van der Waals surface area contributed by atoms with E-state index >= 15 is 0 Å². The molecule has 0 aliphatic carbocycles. The number of rotatable bonds is 6. The van der Waals surface area contributed by atoms with Crippen molar-refractivity contribution >= 4 is 5.91 Å². The molecule has 0 aliphatic rings. The molecule has 0 saturated heterocycles. The molecule has 0 saturated carbocycles. The quantitative estimate of drug-likeness (QED) is 0.878. The molecule has 1 aromatic heterocycles.